The van der Waals surface area contributed by atoms with E-state index in [2.05, 4.69) is 26.3 Å². The lowest BCUT2D eigenvalue weighted by Crippen LogP contribution is -2.16. The smallest absolute Gasteiger partial charge is 0.291 e. The molecule has 3 heterocycles. The van der Waals surface area contributed by atoms with Crippen molar-refractivity contribution in [1.82, 2.24) is 9.78 Å². The van der Waals surface area contributed by atoms with E-state index in [1.54, 1.807) is 41.2 Å². The second-order valence-corrected chi connectivity index (χ2v) is 6.35. The van der Waals surface area contributed by atoms with Crippen LogP contribution in [0.1, 0.15) is 16.3 Å². The summed E-state index contributed by atoms with van der Waals surface area (Å²) < 4.78 is 19.2. The van der Waals surface area contributed by atoms with Crippen molar-refractivity contribution in [2.24, 2.45) is 0 Å². The van der Waals surface area contributed by atoms with E-state index in [1.165, 1.54) is 0 Å². The Kier molecular flexibility index (Phi) is 4.19. The SMILES string of the molecule is O=C(Nc1ccc2c(c1)OCCO2)c1ccc(Cn2cc(Br)cn2)o1. The summed E-state index contributed by atoms with van der Waals surface area (Å²) in [6.45, 7) is 1.47. The van der Waals surface area contributed by atoms with Gasteiger partial charge in [0.1, 0.15) is 19.0 Å². The van der Waals surface area contributed by atoms with Crippen molar-refractivity contribution in [2.75, 3.05) is 18.5 Å². The summed E-state index contributed by atoms with van der Waals surface area (Å²) in [4.78, 5) is 12.3. The predicted molar refractivity (Wildman–Crippen MR) is 93.1 cm³/mol. The molecule has 0 spiro atoms. The second kappa shape index (κ2) is 6.64. The maximum absolute atomic E-state index is 12.3. The van der Waals surface area contributed by atoms with Gasteiger partial charge in [0.2, 0.25) is 0 Å². The molecule has 1 amide bonds. The number of benzene rings is 1. The van der Waals surface area contributed by atoms with Gasteiger partial charge in [0.05, 0.1) is 17.2 Å². The molecule has 1 aliphatic heterocycles. The Morgan fingerprint density at radius 2 is 2.04 bits per heavy atom. The van der Waals surface area contributed by atoms with Crippen LogP contribution < -0.4 is 14.8 Å². The highest BCUT2D eigenvalue weighted by atomic mass is 79.9. The van der Waals surface area contributed by atoms with Crippen LogP contribution in [-0.2, 0) is 6.54 Å². The van der Waals surface area contributed by atoms with Crippen LogP contribution in [0.3, 0.4) is 0 Å². The molecule has 2 aromatic heterocycles. The maximum atomic E-state index is 12.3. The second-order valence-electron chi connectivity index (χ2n) is 5.43. The van der Waals surface area contributed by atoms with Crippen LogP contribution in [0.2, 0.25) is 0 Å². The summed E-state index contributed by atoms with van der Waals surface area (Å²) >= 11 is 3.34. The number of amides is 1. The third-order valence-electron chi connectivity index (χ3n) is 3.61. The highest BCUT2D eigenvalue weighted by molar-refractivity contribution is 9.10. The van der Waals surface area contributed by atoms with E-state index in [-0.39, 0.29) is 11.7 Å². The summed E-state index contributed by atoms with van der Waals surface area (Å²) in [5.41, 5.74) is 0.614. The molecule has 0 fully saturated rings. The number of aromatic nitrogens is 2. The van der Waals surface area contributed by atoms with Crippen molar-refractivity contribution in [3.63, 3.8) is 0 Å². The lowest BCUT2D eigenvalue weighted by atomic mass is 10.2. The summed E-state index contributed by atoms with van der Waals surface area (Å²) in [5, 5.41) is 6.95. The average Bonchev–Trinajstić information content (AvgIpc) is 3.24. The van der Waals surface area contributed by atoms with E-state index >= 15 is 0 Å². The Balaban J connectivity index is 1.44. The number of rotatable bonds is 4. The van der Waals surface area contributed by atoms with Crippen molar-refractivity contribution in [3.8, 4) is 11.5 Å². The normalized spacial score (nSPS) is 12.8. The first kappa shape index (κ1) is 15.8. The Morgan fingerprint density at radius 3 is 2.84 bits per heavy atom. The molecule has 0 bridgehead atoms. The summed E-state index contributed by atoms with van der Waals surface area (Å²) in [5.74, 6) is 1.84. The molecule has 0 aliphatic carbocycles. The van der Waals surface area contributed by atoms with Crippen LogP contribution in [0.4, 0.5) is 5.69 Å². The van der Waals surface area contributed by atoms with Crippen molar-refractivity contribution in [2.45, 2.75) is 6.54 Å². The maximum Gasteiger partial charge on any atom is 0.291 e. The minimum absolute atomic E-state index is 0.233. The molecule has 0 saturated heterocycles. The van der Waals surface area contributed by atoms with Crippen LogP contribution in [0.25, 0.3) is 0 Å². The number of fused-ring (bicyclic) bond motifs is 1. The summed E-state index contributed by atoms with van der Waals surface area (Å²) in [6.07, 6.45) is 3.52. The van der Waals surface area contributed by atoms with Gasteiger partial charge in [-0.15, -0.1) is 0 Å². The minimum Gasteiger partial charge on any atom is -0.486 e. The molecule has 7 nitrogen and oxygen atoms in total. The van der Waals surface area contributed by atoms with Gasteiger partial charge < -0.3 is 19.2 Å². The van der Waals surface area contributed by atoms with Gasteiger partial charge in [-0.2, -0.15) is 5.10 Å². The van der Waals surface area contributed by atoms with E-state index in [9.17, 15) is 4.79 Å². The van der Waals surface area contributed by atoms with Gasteiger partial charge in [-0.05, 0) is 40.2 Å². The van der Waals surface area contributed by atoms with Crippen LogP contribution in [0.15, 0.2) is 51.6 Å². The molecular weight excluding hydrogens is 390 g/mol. The summed E-state index contributed by atoms with van der Waals surface area (Å²) in [6, 6.07) is 8.66. The van der Waals surface area contributed by atoms with Gasteiger partial charge in [-0.25, -0.2) is 0 Å². The summed E-state index contributed by atoms with van der Waals surface area (Å²) in [7, 11) is 0. The van der Waals surface area contributed by atoms with Gasteiger partial charge in [-0.3, -0.25) is 9.48 Å². The first-order chi connectivity index (χ1) is 12.2. The molecule has 1 aromatic carbocycles. The largest absolute Gasteiger partial charge is 0.486 e. The number of hydrogen-bond acceptors (Lipinski definition) is 5. The molecule has 0 atom stereocenters. The Hall–Kier alpha value is -2.74. The third-order valence-corrected chi connectivity index (χ3v) is 4.01. The number of nitrogens with one attached hydrogen (secondary N) is 1. The number of carbonyl (C=O) groups is 1. The van der Waals surface area contributed by atoms with E-state index in [0.29, 0.717) is 42.7 Å². The topological polar surface area (TPSA) is 78.5 Å². The lowest BCUT2D eigenvalue weighted by Gasteiger charge is -2.18. The van der Waals surface area contributed by atoms with Crippen LogP contribution >= 0.6 is 15.9 Å². The Bertz CT molecular complexity index is 918. The number of halogens is 1. The predicted octanol–water partition coefficient (Wildman–Crippen LogP) is 3.31. The number of hydrogen-bond donors (Lipinski definition) is 1. The molecule has 1 aliphatic rings. The zero-order valence-corrected chi connectivity index (χ0v) is 14.7. The van der Waals surface area contributed by atoms with E-state index in [0.717, 1.165) is 4.47 Å². The van der Waals surface area contributed by atoms with Gasteiger partial charge in [0.15, 0.2) is 17.3 Å². The zero-order valence-electron chi connectivity index (χ0n) is 13.1. The number of furan rings is 1. The fourth-order valence-corrected chi connectivity index (χ4v) is 2.81. The molecule has 0 saturated carbocycles. The molecular formula is C17H14BrN3O4. The fraction of sp³-hybridized carbons (Fsp3) is 0.176. The van der Waals surface area contributed by atoms with Crippen molar-refractivity contribution in [1.29, 1.82) is 0 Å². The van der Waals surface area contributed by atoms with Gasteiger partial charge >= 0.3 is 0 Å². The van der Waals surface area contributed by atoms with Crippen LogP contribution in [-0.4, -0.2) is 28.9 Å². The molecule has 3 aromatic rings. The standard InChI is InChI=1S/C17H14BrN3O4/c18-11-8-19-21(9-11)10-13-2-4-15(25-13)17(22)20-12-1-3-14-16(7-12)24-6-5-23-14/h1-4,7-9H,5-6,10H2,(H,20,22). The Morgan fingerprint density at radius 1 is 1.20 bits per heavy atom. The molecule has 0 radical (unpaired) electrons. The van der Waals surface area contributed by atoms with Crippen molar-refractivity contribution >= 4 is 27.5 Å². The van der Waals surface area contributed by atoms with Crippen molar-refractivity contribution < 1.29 is 18.7 Å². The van der Waals surface area contributed by atoms with Crippen molar-refractivity contribution in [3.05, 3.63) is 58.7 Å². The van der Waals surface area contributed by atoms with E-state index in [1.807, 2.05) is 6.20 Å². The van der Waals surface area contributed by atoms with Crippen LogP contribution in [0.5, 0.6) is 11.5 Å². The number of anilines is 1. The average molecular weight is 404 g/mol. The minimum atomic E-state index is -0.329. The number of ether oxygens (including phenoxy) is 2. The number of carbonyl (C=O) groups excluding carboxylic acids is 1. The van der Waals surface area contributed by atoms with E-state index in [4.69, 9.17) is 13.9 Å². The lowest BCUT2D eigenvalue weighted by molar-refractivity contribution is 0.0994. The van der Waals surface area contributed by atoms with Crippen LogP contribution in [0, 0.1) is 0 Å². The van der Waals surface area contributed by atoms with Gasteiger partial charge in [0, 0.05) is 18.0 Å². The Labute approximate surface area is 151 Å². The zero-order chi connectivity index (χ0) is 17.2. The first-order valence-corrected chi connectivity index (χ1v) is 8.44. The molecule has 1 N–H and O–H groups in total. The first-order valence-electron chi connectivity index (χ1n) is 7.65. The number of nitrogens with zero attached hydrogens (tertiary/aromatic N) is 2. The third kappa shape index (κ3) is 3.53. The molecule has 128 valence electrons. The van der Waals surface area contributed by atoms with E-state index < -0.39 is 0 Å². The molecule has 4 rings (SSSR count). The quantitative estimate of drug-likeness (QED) is 0.722. The van der Waals surface area contributed by atoms with Gasteiger partial charge in [-0.1, -0.05) is 0 Å². The molecule has 25 heavy (non-hydrogen) atoms. The molecule has 8 heteroatoms. The monoisotopic (exact) mass is 403 g/mol. The van der Waals surface area contributed by atoms with Gasteiger partial charge in [0.25, 0.3) is 5.91 Å². The highest BCUT2D eigenvalue weighted by Crippen LogP contribution is 2.32. The highest BCUT2D eigenvalue weighted by Gasteiger charge is 2.15. The fourth-order valence-electron chi connectivity index (χ4n) is 2.48. The molecule has 0 unspecified atom stereocenters.